The van der Waals surface area contributed by atoms with E-state index in [1.807, 2.05) is 6.07 Å². The summed E-state index contributed by atoms with van der Waals surface area (Å²) in [5.74, 6) is 0. The molecule has 0 aliphatic carbocycles. The molecule has 0 heterocycles. The molecule has 1 rings (SSSR count). The van der Waals surface area contributed by atoms with Crippen LogP contribution >= 0.6 is 43.0 Å². The van der Waals surface area contributed by atoms with Crippen molar-refractivity contribution in [2.45, 2.75) is 32.8 Å². The molecule has 1 aromatic carbocycles. The van der Waals surface area contributed by atoms with Crippen molar-refractivity contribution in [2.75, 3.05) is 25.9 Å². The summed E-state index contributed by atoms with van der Waals surface area (Å²) < 4.78 is 22.7. The molecule has 0 spiro atoms. The summed E-state index contributed by atoms with van der Waals surface area (Å²) in [7, 11) is -3.49. The average molecular weight is 421 g/mol. The molecule has 0 aromatic heterocycles. The smallest absolute Gasteiger partial charge is 0.255 e. The molecule has 0 fully saturated rings. The van der Waals surface area contributed by atoms with Gasteiger partial charge in [0.05, 0.1) is 10.0 Å². The molecular formula is C15H25Cl3NO4P. The third kappa shape index (κ3) is 8.50. The van der Waals surface area contributed by atoms with E-state index >= 15 is 0 Å². The number of halogens is 3. The molecule has 24 heavy (non-hydrogen) atoms. The van der Waals surface area contributed by atoms with Crippen molar-refractivity contribution >= 4 is 43.0 Å². The molecule has 1 unspecified atom stereocenters. The van der Waals surface area contributed by atoms with Gasteiger partial charge in [0.25, 0.3) is 7.37 Å². The van der Waals surface area contributed by atoms with Crippen LogP contribution in [0.3, 0.4) is 0 Å². The molecule has 0 aliphatic heterocycles. The minimum atomic E-state index is -3.49. The van der Waals surface area contributed by atoms with Gasteiger partial charge in [-0.1, -0.05) is 29.3 Å². The first-order valence-corrected chi connectivity index (χ1v) is 10.3. The predicted molar refractivity (Wildman–Crippen MR) is 102 cm³/mol. The number of hydrogen-bond donors (Lipinski definition) is 2. The van der Waals surface area contributed by atoms with Gasteiger partial charge in [-0.05, 0) is 44.5 Å². The van der Waals surface area contributed by atoms with Gasteiger partial charge in [-0.3, -0.25) is 4.57 Å². The zero-order chi connectivity index (χ0) is 17.3. The van der Waals surface area contributed by atoms with E-state index in [1.165, 1.54) is 0 Å². The zero-order valence-corrected chi connectivity index (χ0v) is 17.1. The lowest BCUT2D eigenvalue weighted by atomic mass is 10.2. The van der Waals surface area contributed by atoms with E-state index in [9.17, 15) is 9.46 Å². The van der Waals surface area contributed by atoms with E-state index in [0.29, 0.717) is 42.8 Å². The minimum absolute atomic E-state index is 0. The number of benzene rings is 1. The summed E-state index contributed by atoms with van der Waals surface area (Å²) in [6, 6.07) is 4.40. The van der Waals surface area contributed by atoms with Gasteiger partial charge in [-0.2, -0.15) is 0 Å². The van der Waals surface area contributed by atoms with Gasteiger partial charge in [0.1, 0.15) is 0 Å². The van der Waals surface area contributed by atoms with E-state index in [-0.39, 0.29) is 18.6 Å². The van der Waals surface area contributed by atoms with Crippen molar-refractivity contribution in [3.63, 3.8) is 0 Å². The third-order valence-electron chi connectivity index (χ3n) is 3.09. The maximum absolute atomic E-state index is 12.3. The van der Waals surface area contributed by atoms with E-state index in [1.54, 1.807) is 26.0 Å². The Morgan fingerprint density at radius 1 is 1.21 bits per heavy atom. The Hall–Kier alpha value is 0.160. The van der Waals surface area contributed by atoms with Gasteiger partial charge < -0.3 is 19.7 Å². The van der Waals surface area contributed by atoms with Crippen molar-refractivity contribution in [1.29, 1.82) is 0 Å². The quantitative estimate of drug-likeness (QED) is 0.313. The van der Waals surface area contributed by atoms with Gasteiger partial charge in [-0.25, -0.2) is 0 Å². The predicted octanol–water partition coefficient (Wildman–Crippen LogP) is 4.52. The van der Waals surface area contributed by atoms with E-state index in [0.717, 1.165) is 5.56 Å². The molecule has 0 bridgehead atoms. The lowest BCUT2D eigenvalue weighted by Crippen LogP contribution is -2.21. The second kappa shape index (κ2) is 12.5. The van der Waals surface area contributed by atoms with Crippen LogP contribution in [0.15, 0.2) is 18.2 Å². The maximum atomic E-state index is 12.3. The molecule has 0 aliphatic rings. The molecule has 0 amide bonds. The first-order chi connectivity index (χ1) is 10.9. The summed E-state index contributed by atoms with van der Waals surface area (Å²) in [5.41, 5.74) is 1.01. The second-order valence-corrected chi connectivity index (χ2v) is 8.17. The summed E-state index contributed by atoms with van der Waals surface area (Å²) in [6.07, 6.45) is 0.692. The standard InChI is InChI=1S/C15H24Cl2NO4P.ClH/c1-3-21-15(22-4-2)23(19,20)9-5-8-18-11-12-6-7-13(16)14(17)10-12;/h6-7,10,15,18H,3-5,8-9,11H2,1-2H3,(H,19,20);1H. The highest BCUT2D eigenvalue weighted by Crippen LogP contribution is 2.47. The Labute approximate surface area is 159 Å². The molecule has 0 radical (unpaired) electrons. The SMILES string of the molecule is CCOC(OCC)P(=O)(O)CCCNCc1ccc(Cl)c(Cl)c1.Cl. The summed E-state index contributed by atoms with van der Waals surface area (Å²) in [6.45, 7) is 5.44. The molecule has 0 saturated carbocycles. The minimum Gasteiger partial charge on any atom is -0.345 e. The summed E-state index contributed by atoms with van der Waals surface area (Å²) in [4.78, 5) is 10.1. The Morgan fingerprint density at radius 3 is 2.38 bits per heavy atom. The van der Waals surface area contributed by atoms with Crippen LogP contribution in [0.1, 0.15) is 25.8 Å². The summed E-state index contributed by atoms with van der Waals surface area (Å²) >= 11 is 11.8. The van der Waals surface area contributed by atoms with Crippen LogP contribution in [0, 0.1) is 0 Å². The average Bonchev–Trinajstić information content (AvgIpc) is 2.50. The zero-order valence-electron chi connectivity index (χ0n) is 13.8. The molecule has 2 N–H and O–H groups in total. The van der Waals surface area contributed by atoms with Crippen molar-refractivity contribution < 1.29 is 18.9 Å². The Morgan fingerprint density at radius 2 is 1.83 bits per heavy atom. The molecule has 5 nitrogen and oxygen atoms in total. The van der Waals surface area contributed by atoms with Gasteiger partial charge >= 0.3 is 0 Å². The molecule has 140 valence electrons. The molecule has 1 aromatic rings. The van der Waals surface area contributed by atoms with Crippen LogP contribution in [0.25, 0.3) is 0 Å². The fourth-order valence-corrected chi connectivity index (χ4v) is 3.89. The fourth-order valence-electron chi connectivity index (χ4n) is 1.98. The maximum Gasteiger partial charge on any atom is 0.255 e. The number of ether oxygens (including phenoxy) is 2. The molecule has 0 saturated heterocycles. The van der Waals surface area contributed by atoms with Gasteiger partial charge in [0.2, 0.25) is 6.03 Å². The van der Waals surface area contributed by atoms with E-state index in [2.05, 4.69) is 5.32 Å². The Kier molecular flexibility index (Phi) is 12.6. The van der Waals surface area contributed by atoms with Crippen molar-refractivity contribution in [1.82, 2.24) is 5.32 Å². The van der Waals surface area contributed by atoms with Crippen LogP contribution in [-0.2, 0) is 20.6 Å². The largest absolute Gasteiger partial charge is 0.345 e. The third-order valence-corrected chi connectivity index (χ3v) is 5.75. The second-order valence-electron chi connectivity index (χ2n) is 4.98. The number of rotatable bonds is 11. The normalized spacial score (nSPS) is 13.6. The van der Waals surface area contributed by atoms with Crippen molar-refractivity contribution in [3.8, 4) is 0 Å². The lowest BCUT2D eigenvalue weighted by Gasteiger charge is -2.22. The Balaban J connectivity index is 0.00000529. The fraction of sp³-hybridized carbons (Fsp3) is 0.600. The molecule has 1 atom stereocenters. The van der Waals surface area contributed by atoms with Gasteiger partial charge in [0, 0.05) is 25.9 Å². The van der Waals surface area contributed by atoms with Crippen molar-refractivity contribution in [2.24, 2.45) is 0 Å². The first kappa shape index (κ1) is 24.2. The lowest BCUT2D eigenvalue weighted by molar-refractivity contribution is -0.0871. The van der Waals surface area contributed by atoms with Crippen molar-refractivity contribution in [3.05, 3.63) is 33.8 Å². The monoisotopic (exact) mass is 419 g/mol. The van der Waals surface area contributed by atoms with E-state index in [4.69, 9.17) is 32.7 Å². The van der Waals surface area contributed by atoms with Crippen LogP contribution in [0.2, 0.25) is 10.0 Å². The number of hydrogen-bond acceptors (Lipinski definition) is 4. The first-order valence-electron chi connectivity index (χ1n) is 7.60. The highest BCUT2D eigenvalue weighted by atomic mass is 35.5. The van der Waals surface area contributed by atoms with Crippen LogP contribution in [0.4, 0.5) is 0 Å². The van der Waals surface area contributed by atoms with E-state index < -0.39 is 13.4 Å². The van der Waals surface area contributed by atoms with Gasteiger partial charge in [-0.15, -0.1) is 12.4 Å². The summed E-state index contributed by atoms with van der Waals surface area (Å²) in [5, 5.41) is 4.25. The topological polar surface area (TPSA) is 67.8 Å². The molecular weight excluding hydrogens is 396 g/mol. The molecule has 9 heteroatoms. The van der Waals surface area contributed by atoms with Crippen LogP contribution in [0.5, 0.6) is 0 Å². The Bertz CT molecular complexity index is 527. The van der Waals surface area contributed by atoms with Crippen LogP contribution < -0.4 is 5.32 Å². The number of nitrogens with one attached hydrogen (secondary N) is 1. The van der Waals surface area contributed by atoms with Crippen LogP contribution in [-0.4, -0.2) is 36.8 Å². The highest BCUT2D eigenvalue weighted by molar-refractivity contribution is 7.58. The highest BCUT2D eigenvalue weighted by Gasteiger charge is 2.31. The van der Waals surface area contributed by atoms with Gasteiger partial charge in [0.15, 0.2) is 0 Å².